The molecule has 7 nitrogen and oxygen atoms in total. The van der Waals surface area contributed by atoms with Crippen LogP contribution in [0.25, 0.3) is 11.3 Å². The number of methoxy groups -OCH3 is 1. The Morgan fingerprint density at radius 3 is 2.67 bits per heavy atom. The van der Waals surface area contributed by atoms with E-state index in [1.165, 1.54) is 12.1 Å². The first kappa shape index (κ1) is 19.1. The molecule has 0 saturated carbocycles. The summed E-state index contributed by atoms with van der Waals surface area (Å²) in [6, 6.07) is 9.18. The first-order valence-corrected chi connectivity index (χ1v) is 8.98. The molecule has 2 amide bonds. The highest BCUT2D eigenvalue weighted by Crippen LogP contribution is 2.36. The summed E-state index contributed by atoms with van der Waals surface area (Å²) in [5, 5.41) is 19.7. The summed E-state index contributed by atoms with van der Waals surface area (Å²) in [6.07, 6.45) is 1.69. The standard InChI is InChI=1S/C18H16BrClN4O3/c1-24-17(13(19)9-21-24)12-8-11(4-6-16(12)27-2)22-18(26)23-14-5-3-10(20)7-15(14)25/h3-9,25H,1-2H3,(H2,22,23,26). The monoisotopic (exact) mass is 450 g/mol. The molecule has 3 N–H and O–H groups in total. The number of aryl methyl sites for hydroxylation is 1. The molecule has 0 aliphatic rings. The fourth-order valence-corrected chi connectivity index (χ4v) is 3.31. The van der Waals surface area contributed by atoms with Crippen LogP contribution in [0, 0.1) is 0 Å². The molecule has 9 heteroatoms. The number of hydrogen-bond donors (Lipinski definition) is 3. The van der Waals surface area contributed by atoms with Crippen molar-refractivity contribution in [1.82, 2.24) is 9.78 Å². The van der Waals surface area contributed by atoms with Crippen molar-refractivity contribution in [3.05, 3.63) is 52.1 Å². The van der Waals surface area contributed by atoms with E-state index < -0.39 is 6.03 Å². The average Bonchev–Trinajstić information content (AvgIpc) is 2.96. The molecule has 140 valence electrons. The van der Waals surface area contributed by atoms with Crippen LogP contribution in [0.1, 0.15) is 0 Å². The van der Waals surface area contributed by atoms with Crippen LogP contribution in [0.4, 0.5) is 16.2 Å². The van der Waals surface area contributed by atoms with Gasteiger partial charge in [0.1, 0.15) is 11.5 Å². The lowest BCUT2D eigenvalue weighted by atomic mass is 10.1. The van der Waals surface area contributed by atoms with Crippen LogP contribution in [-0.2, 0) is 7.05 Å². The Morgan fingerprint density at radius 1 is 1.26 bits per heavy atom. The Hall–Kier alpha value is -2.71. The minimum atomic E-state index is -0.507. The van der Waals surface area contributed by atoms with Crippen LogP contribution in [0.3, 0.4) is 0 Å². The molecule has 0 atom stereocenters. The summed E-state index contributed by atoms with van der Waals surface area (Å²) in [5.74, 6) is 0.521. The third-order valence-corrected chi connectivity index (χ3v) is 4.63. The summed E-state index contributed by atoms with van der Waals surface area (Å²) in [5.41, 5.74) is 2.37. The van der Waals surface area contributed by atoms with Crippen molar-refractivity contribution in [1.29, 1.82) is 0 Å². The molecule has 0 bridgehead atoms. The fraction of sp³-hybridized carbons (Fsp3) is 0.111. The van der Waals surface area contributed by atoms with Gasteiger partial charge in [0.2, 0.25) is 0 Å². The number of benzene rings is 2. The number of nitrogens with zero attached hydrogens (tertiary/aromatic N) is 2. The number of ether oxygens (including phenoxy) is 1. The molecule has 1 aromatic heterocycles. The van der Waals surface area contributed by atoms with Crippen LogP contribution < -0.4 is 15.4 Å². The number of halogens is 2. The summed E-state index contributed by atoms with van der Waals surface area (Å²) < 4.78 is 7.93. The van der Waals surface area contributed by atoms with Gasteiger partial charge >= 0.3 is 6.03 Å². The Balaban J connectivity index is 1.85. The second kappa shape index (κ2) is 7.89. The van der Waals surface area contributed by atoms with Crippen molar-refractivity contribution in [3.63, 3.8) is 0 Å². The van der Waals surface area contributed by atoms with E-state index in [-0.39, 0.29) is 11.4 Å². The zero-order valence-corrected chi connectivity index (χ0v) is 16.8. The maximum Gasteiger partial charge on any atom is 0.323 e. The normalized spacial score (nSPS) is 10.5. The third-order valence-electron chi connectivity index (χ3n) is 3.81. The highest BCUT2D eigenvalue weighted by Gasteiger charge is 2.16. The number of carbonyl (C=O) groups is 1. The molecule has 3 rings (SSSR count). The molecule has 1 heterocycles. The molecule has 0 fully saturated rings. The highest BCUT2D eigenvalue weighted by molar-refractivity contribution is 9.10. The van der Waals surface area contributed by atoms with Gasteiger partial charge in [-0.2, -0.15) is 5.10 Å². The number of phenols is 1. The largest absolute Gasteiger partial charge is 0.506 e. The van der Waals surface area contributed by atoms with E-state index >= 15 is 0 Å². The second-order valence-corrected chi connectivity index (χ2v) is 6.91. The first-order valence-electron chi connectivity index (χ1n) is 7.81. The number of carbonyl (C=O) groups excluding carboxylic acids is 1. The van der Waals surface area contributed by atoms with Gasteiger partial charge in [-0.15, -0.1) is 0 Å². The predicted octanol–water partition coefficient (Wildman–Crippen LogP) is 4.86. The minimum Gasteiger partial charge on any atom is -0.506 e. The molecule has 0 unspecified atom stereocenters. The number of nitrogens with one attached hydrogen (secondary N) is 2. The lowest BCUT2D eigenvalue weighted by molar-refractivity contribution is 0.262. The van der Waals surface area contributed by atoms with E-state index in [1.54, 1.807) is 42.3 Å². The van der Waals surface area contributed by atoms with E-state index in [9.17, 15) is 9.90 Å². The number of anilines is 2. The van der Waals surface area contributed by atoms with Gasteiger partial charge in [0, 0.05) is 29.4 Å². The molecule has 2 aromatic carbocycles. The fourth-order valence-electron chi connectivity index (χ4n) is 2.58. The zero-order chi connectivity index (χ0) is 19.6. The summed E-state index contributed by atoms with van der Waals surface area (Å²) in [4.78, 5) is 12.3. The number of rotatable bonds is 4. The molecule has 0 radical (unpaired) electrons. The van der Waals surface area contributed by atoms with Gasteiger partial charge in [-0.05, 0) is 46.3 Å². The van der Waals surface area contributed by atoms with E-state index in [4.69, 9.17) is 16.3 Å². The van der Waals surface area contributed by atoms with Crippen LogP contribution in [0.15, 0.2) is 47.1 Å². The Morgan fingerprint density at radius 2 is 2.04 bits per heavy atom. The van der Waals surface area contributed by atoms with Crippen molar-refractivity contribution in [2.75, 3.05) is 17.7 Å². The maximum absolute atomic E-state index is 12.3. The number of aromatic nitrogens is 2. The Kier molecular flexibility index (Phi) is 5.57. The molecular weight excluding hydrogens is 436 g/mol. The van der Waals surface area contributed by atoms with Crippen LogP contribution in [0.5, 0.6) is 11.5 Å². The van der Waals surface area contributed by atoms with Crippen molar-refractivity contribution < 1.29 is 14.6 Å². The van der Waals surface area contributed by atoms with E-state index in [1.807, 2.05) is 7.05 Å². The van der Waals surface area contributed by atoms with Crippen molar-refractivity contribution >= 4 is 44.9 Å². The van der Waals surface area contributed by atoms with Crippen LogP contribution in [-0.4, -0.2) is 28.0 Å². The average molecular weight is 452 g/mol. The van der Waals surface area contributed by atoms with Gasteiger partial charge < -0.3 is 20.5 Å². The molecule has 0 spiro atoms. The number of hydrogen-bond acceptors (Lipinski definition) is 4. The van der Waals surface area contributed by atoms with Crippen molar-refractivity contribution in [3.8, 4) is 22.8 Å². The number of aromatic hydroxyl groups is 1. The van der Waals surface area contributed by atoms with Gasteiger partial charge in [-0.3, -0.25) is 4.68 Å². The topological polar surface area (TPSA) is 88.4 Å². The Labute approximate surface area is 169 Å². The molecule has 0 saturated heterocycles. The summed E-state index contributed by atoms with van der Waals surface area (Å²) >= 11 is 9.27. The number of amides is 2. The smallest absolute Gasteiger partial charge is 0.323 e. The van der Waals surface area contributed by atoms with Gasteiger partial charge in [0.05, 0.1) is 29.2 Å². The lowest BCUT2D eigenvalue weighted by Crippen LogP contribution is -2.19. The molecule has 27 heavy (non-hydrogen) atoms. The zero-order valence-electron chi connectivity index (χ0n) is 14.5. The van der Waals surface area contributed by atoms with Crippen LogP contribution in [0.2, 0.25) is 5.02 Å². The van der Waals surface area contributed by atoms with Gasteiger partial charge in [0.25, 0.3) is 0 Å². The third kappa shape index (κ3) is 4.17. The quantitative estimate of drug-likeness (QED) is 0.494. The van der Waals surface area contributed by atoms with E-state index in [0.29, 0.717) is 16.5 Å². The maximum atomic E-state index is 12.3. The summed E-state index contributed by atoms with van der Waals surface area (Å²) in [6.45, 7) is 0. The minimum absolute atomic E-state index is 0.119. The van der Waals surface area contributed by atoms with Crippen molar-refractivity contribution in [2.45, 2.75) is 0 Å². The SMILES string of the molecule is COc1ccc(NC(=O)Nc2ccc(Cl)cc2O)cc1-c1c(Br)cnn1C. The first-order chi connectivity index (χ1) is 12.9. The lowest BCUT2D eigenvalue weighted by Gasteiger charge is -2.13. The van der Waals surface area contributed by atoms with Gasteiger partial charge in [-0.25, -0.2) is 4.79 Å². The van der Waals surface area contributed by atoms with Gasteiger partial charge in [0.15, 0.2) is 0 Å². The molecule has 0 aliphatic carbocycles. The van der Waals surface area contributed by atoms with Crippen molar-refractivity contribution in [2.24, 2.45) is 7.05 Å². The molecule has 0 aliphatic heterocycles. The number of urea groups is 1. The highest BCUT2D eigenvalue weighted by atomic mass is 79.9. The molecule has 3 aromatic rings. The summed E-state index contributed by atoms with van der Waals surface area (Å²) in [7, 11) is 3.39. The van der Waals surface area contributed by atoms with Gasteiger partial charge in [-0.1, -0.05) is 11.6 Å². The predicted molar refractivity (Wildman–Crippen MR) is 109 cm³/mol. The Bertz CT molecular complexity index is 987. The number of phenolic OH excluding ortho intramolecular Hbond substituents is 1. The van der Waals surface area contributed by atoms with Crippen LogP contribution >= 0.6 is 27.5 Å². The second-order valence-electron chi connectivity index (χ2n) is 5.62. The molecular formula is C18H16BrClN4O3. The van der Waals surface area contributed by atoms with E-state index in [0.717, 1.165) is 15.7 Å². The van der Waals surface area contributed by atoms with E-state index in [2.05, 4.69) is 31.7 Å².